The normalized spacial score (nSPS) is 15.2. The highest BCUT2D eigenvalue weighted by Gasteiger charge is 2.34. The van der Waals surface area contributed by atoms with Gasteiger partial charge in [0.25, 0.3) is 0 Å². The number of piperazine rings is 1. The number of hydrogen-bond acceptors (Lipinski definition) is 3. The van der Waals surface area contributed by atoms with Crippen LogP contribution in [-0.2, 0) is 6.18 Å². The minimum atomic E-state index is -4.51. The molecule has 1 saturated heterocycles. The van der Waals surface area contributed by atoms with Gasteiger partial charge >= 0.3 is 12.2 Å². The SMILES string of the molecule is O=C(Nc1ccccc1C(F)(F)F)N1CCN(c2ccccn2)CC1. The Bertz CT molecular complexity index is 728. The Kier molecular flexibility index (Phi) is 4.78. The van der Waals surface area contributed by atoms with Crippen LogP contribution in [0.3, 0.4) is 0 Å². The van der Waals surface area contributed by atoms with Crippen LogP contribution in [-0.4, -0.2) is 42.1 Å². The number of para-hydroxylation sites is 1. The molecule has 0 bridgehead atoms. The van der Waals surface area contributed by atoms with Crippen molar-refractivity contribution >= 4 is 17.5 Å². The van der Waals surface area contributed by atoms with Gasteiger partial charge in [-0.1, -0.05) is 18.2 Å². The molecule has 25 heavy (non-hydrogen) atoms. The van der Waals surface area contributed by atoms with Crippen molar-refractivity contribution in [2.45, 2.75) is 6.18 Å². The highest BCUT2D eigenvalue weighted by molar-refractivity contribution is 5.90. The Morgan fingerprint density at radius 3 is 2.32 bits per heavy atom. The molecule has 1 fully saturated rings. The predicted octanol–water partition coefficient (Wildman–Crippen LogP) is 3.45. The maximum Gasteiger partial charge on any atom is 0.418 e. The number of amides is 2. The first-order valence-electron chi connectivity index (χ1n) is 7.83. The molecule has 8 heteroatoms. The average molecular weight is 350 g/mol. The first-order valence-corrected chi connectivity index (χ1v) is 7.83. The summed E-state index contributed by atoms with van der Waals surface area (Å²) in [4.78, 5) is 20.1. The van der Waals surface area contributed by atoms with E-state index < -0.39 is 17.8 Å². The topological polar surface area (TPSA) is 48.5 Å². The molecular weight excluding hydrogens is 333 g/mol. The fourth-order valence-electron chi connectivity index (χ4n) is 2.71. The van der Waals surface area contributed by atoms with Gasteiger partial charge in [0.05, 0.1) is 11.3 Å². The highest BCUT2D eigenvalue weighted by atomic mass is 19.4. The van der Waals surface area contributed by atoms with E-state index in [2.05, 4.69) is 10.3 Å². The minimum absolute atomic E-state index is 0.229. The molecule has 1 aliphatic heterocycles. The second kappa shape index (κ2) is 7.00. The summed E-state index contributed by atoms with van der Waals surface area (Å²) < 4.78 is 39.0. The number of hydrogen-bond donors (Lipinski definition) is 1. The van der Waals surface area contributed by atoms with Gasteiger partial charge in [-0.05, 0) is 24.3 Å². The second-order valence-corrected chi connectivity index (χ2v) is 5.64. The number of aromatic nitrogens is 1. The van der Waals surface area contributed by atoms with Gasteiger partial charge < -0.3 is 15.1 Å². The molecule has 0 aliphatic carbocycles. The molecule has 1 N–H and O–H groups in total. The van der Waals surface area contributed by atoms with E-state index in [-0.39, 0.29) is 5.69 Å². The molecule has 0 saturated carbocycles. The Morgan fingerprint density at radius 2 is 1.68 bits per heavy atom. The summed E-state index contributed by atoms with van der Waals surface area (Å²) in [5, 5.41) is 2.37. The van der Waals surface area contributed by atoms with Crippen LogP contribution < -0.4 is 10.2 Å². The number of urea groups is 1. The number of rotatable bonds is 2. The fourth-order valence-corrected chi connectivity index (χ4v) is 2.71. The van der Waals surface area contributed by atoms with Crippen molar-refractivity contribution in [1.29, 1.82) is 0 Å². The van der Waals surface area contributed by atoms with E-state index in [1.165, 1.54) is 23.1 Å². The van der Waals surface area contributed by atoms with E-state index in [0.29, 0.717) is 26.2 Å². The van der Waals surface area contributed by atoms with Crippen molar-refractivity contribution in [2.75, 3.05) is 36.4 Å². The summed E-state index contributed by atoms with van der Waals surface area (Å²) >= 11 is 0. The third kappa shape index (κ3) is 4.01. The molecule has 0 unspecified atom stereocenters. The van der Waals surface area contributed by atoms with Crippen molar-refractivity contribution in [3.05, 3.63) is 54.2 Å². The third-order valence-corrected chi connectivity index (χ3v) is 4.01. The molecule has 0 radical (unpaired) electrons. The van der Waals surface area contributed by atoms with E-state index in [4.69, 9.17) is 0 Å². The van der Waals surface area contributed by atoms with Gasteiger partial charge in [-0.15, -0.1) is 0 Å². The van der Waals surface area contributed by atoms with Crippen LogP contribution in [0.25, 0.3) is 0 Å². The summed E-state index contributed by atoms with van der Waals surface area (Å²) in [5.41, 5.74) is -1.08. The van der Waals surface area contributed by atoms with Gasteiger partial charge in [0.1, 0.15) is 5.82 Å². The average Bonchev–Trinajstić information content (AvgIpc) is 2.62. The third-order valence-electron chi connectivity index (χ3n) is 4.01. The number of benzene rings is 1. The molecule has 2 heterocycles. The van der Waals surface area contributed by atoms with Crippen molar-refractivity contribution < 1.29 is 18.0 Å². The van der Waals surface area contributed by atoms with Crippen LogP contribution in [0.2, 0.25) is 0 Å². The predicted molar refractivity (Wildman–Crippen MR) is 88.5 cm³/mol. The van der Waals surface area contributed by atoms with Crippen LogP contribution in [0.4, 0.5) is 29.5 Å². The zero-order valence-corrected chi connectivity index (χ0v) is 13.3. The Hall–Kier alpha value is -2.77. The quantitative estimate of drug-likeness (QED) is 0.902. The number of halogens is 3. The number of pyridine rings is 1. The van der Waals surface area contributed by atoms with Crippen LogP contribution in [0, 0.1) is 0 Å². The van der Waals surface area contributed by atoms with E-state index in [0.717, 1.165) is 11.9 Å². The van der Waals surface area contributed by atoms with Gasteiger partial charge in [0, 0.05) is 32.4 Å². The van der Waals surface area contributed by atoms with Crippen molar-refractivity contribution in [3.63, 3.8) is 0 Å². The number of nitrogens with one attached hydrogen (secondary N) is 1. The summed E-state index contributed by atoms with van der Waals surface area (Å²) in [5.74, 6) is 0.824. The zero-order valence-electron chi connectivity index (χ0n) is 13.3. The van der Waals surface area contributed by atoms with Crippen molar-refractivity contribution in [1.82, 2.24) is 9.88 Å². The molecule has 1 aromatic carbocycles. The lowest BCUT2D eigenvalue weighted by Gasteiger charge is -2.35. The van der Waals surface area contributed by atoms with Crippen LogP contribution in [0.1, 0.15) is 5.56 Å². The maximum atomic E-state index is 13.0. The molecule has 2 aromatic rings. The molecule has 3 rings (SSSR count). The van der Waals surface area contributed by atoms with Gasteiger partial charge in [-0.3, -0.25) is 0 Å². The molecule has 0 atom stereocenters. The molecule has 0 spiro atoms. The Labute approximate surface area is 143 Å². The highest BCUT2D eigenvalue weighted by Crippen LogP contribution is 2.34. The number of carbonyl (C=O) groups excluding carboxylic acids is 1. The first kappa shape index (κ1) is 17.1. The summed E-state index contributed by atoms with van der Waals surface area (Å²) in [7, 11) is 0. The largest absolute Gasteiger partial charge is 0.418 e. The van der Waals surface area contributed by atoms with Gasteiger partial charge in [0.2, 0.25) is 0 Å². The minimum Gasteiger partial charge on any atom is -0.353 e. The number of carbonyl (C=O) groups is 1. The van der Waals surface area contributed by atoms with E-state index in [1.807, 2.05) is 23.1 Å². The zero-order chi connectivity index (χ0) is 17.9. The maximum absolute atomic E-state index is 13.0. The van der Waals surface area contributed by atoms with E-state index >= 15 is 0 Å². The molecule has 2 amide bonds. The van der Waals surface area contributed by atoms with Crippen molar-refractivity contribution in [3.8, 4) is 0 Å². The lowest BCUT2D eigenvalue weighted by atomic mass is 10.1. The molecular formula is C17H17F3N4O. The monoisotopic (exact) mass is 350 g/mol. The molecule has 132 valence electrons. The second-order valence-electron chi connectivity index (χ2n) is 5.64. The number of anilines is 2. The Morgan fingerprint density at radius 1 is 1.00 bits per heavy atom. The van der Waals surface area contributed by atoms with Gasteiger partial charge in [-0.2, -0.15) is 13.2 Å². The standard InChI is InChI=1S/C17H17F3N4O/c18-17(19,20)13-5-1-2-6-14(13)22-16(25)24-11-9-23(10-12-24)15-7-3-4-8-21-15/h1-8H,9-12H2,(H,22,25). The molecule has 1 aliphatic rings. The van der Waals surface area contributed by atoms with E-state index in [1.54, 1.807) is 6.20 Å². The van der Waals surface area contributed by atoms with Crippen LogP contribution in [0.15, 0.2) is 48.7 Å². The molecule has 5 nitrogen and oxygen atoms in total. The summed E-state index contributed by atoms with van der Waals surface area (Å²) in [6, 6.07) is 10.0. The van der Waals surface area contributed by atoms with Gasteiger partial charge in [-0.25, -0.2) is 9.78 Å². The van der Waals surface area contributed by atoms with Crippen molar-refractivity contribution in [2.24, 2.45) is 0 Å². The van der Waals surface area contributed by atoms with Crippen LogP contribution in [0.5, 0.6) is 0 Å². The van der Waals surface area contributed by atoms with E-state index in [9.17, 15) is 18.0 Å². The fraction of sp³-hybridized carbons (Fsp3) is 0.294. The summed E-state index contributed by atoms with van der Waals surface area (Å²) in [6.45, 7) is 1.98. The number of alkyl halides is 3. The van der Waals surface area contributed by atoms with Gasteiger partial charge in [0.15, 0.2) is 0 Å². The Balaban J connectivity index is 1.63. The molecule has 1 aromatic heterocycles. The lowest BCUT2D eigenvalue weighted by molar-refractivity contribution is -0.136. The van der Waals surface area contributed by atoms with Crippen LogP contribution >= 0.6 is 0 Å². The first-order chi connectivity index (χ1) is 11.9. The lowest BCUT2D eigenvalue weighted by Crippen LogP contribution is -2.50. The smallest absolute Gasteiger partial charge is 0.353 e. The summed E-state index contributed by atoms with van der Waals surface area (Å²) in [6.07, 6.45) is -2.82. The number of nitrogens with zero attached hydrogens (tertiary/aromatic N) is 3.